The highest BCUT2D eigenvalue weighted by Crippen LogP contribution is 2.39. The number of fused-ring (bicyclic) bond motifs is 2. The van der Waals surface area contributed by atoms with Gasteiger partial charge in [0.15, 0.2) is 0 Å². The third-order valence-electron chi connectivity index (χ3n) is 4.25. The molecule has 0 spiro atoms. The quantitative estimate of drug-likeness (QED) is 0.727. The number of aryl methyl sites for hydroxylation is 1. The van der Waals surface area contributed by atoms with Crippen LogP contribution in [0.2, 0.25) is 0 Å². The van der Waals surface area contributed by atoms with E-state index in [-0.39, 0.29) is 5.82 Å². The molecule has 0 saturated heterocycles. The molecule has 0 bridgehead atoms. The molecule has 0 radical (unpaired) electrons. The SMILES string of the molecule is N#Cc1c(Nc2ccnc3c(F)cccc23)sc2c1CCCC2. The molecule has 23 heavy (non-hydrogen) atoms. The van der Waals surface area contributed by atoms with Crippen molar-refractivity contribution in [1.29, 1.82) is 5.26 Å². The first-order valence-corrected chi connectivity index (χ1v) is 8.44. The molecule has 1 aliphatic carbocycles. The smallest absolute Gasteiger partial charge is 0.149 e. The highest BCUT2D eigenvalue weighted by atomic mass is 32.1. The number of nitrogens with one attached hydrogen (secondary N) is 1. The fourth-order valence-corrected chi connectivity index (χ4v) is 4.40. The average Bonchev–Trinajstić information content (AvgIpc) is 2.93. The highest BCUT2D eigenvalue weighted by molar-refractivity contribution is 7.16. The molecule has 1 aromatic carbocycles. The van der Waals surface area contributed by atoms with Gasteiger partial charge in [0.1, 0.15) is 22.4 Å². The number of nitriles is 1. The number of hydrogen-bond donors (Lipinski definition) is 1. The molecule has 3 aromatic rings. The second-order valence-corrected chi connectivity index (χ2v) is 6.75. The highest BCUT2D eigenvalue weighted by Gasteiger charge is 2.21. The first kappa shape index (κ1) is 14.2. The van der Waals surface area contributed by atoms with Crippen LogP contribution in [0.5, 0.6) is 0 Å². The molecule has 2 heterocycles. The lowest BCUT2D eigenvalue weighted by molar-refractivity contribution is 0.637. The summed E-state index contributed by atoms with van der Waals surface area (Å²) in [7, 11) is 0. The molecule has 5 heteroatoms. The summed E-state index contributed by atoms with van der Waals surface area (Å²) in [4.78, 5) is 5.42. The van der Waals surface area contributed by atoms with E-state index in [9.17, 15) is 9.65 Å². The zero-order valence-corrected chi connectivity index (χ0v) is 13.2. The lowest BCUT2D eigenvalue weighted by Gasteiger charge is -2.10. The van der Waals surface area contributed by atoms with Gasteiger partial charge >= 0.3 is 0 Å². The second kappa shape index (κ2) is 5.64. The summed E-state index contributed by atoms with van der Waals surface area (Å²) in [5.74, 6) is -0.336. The van der Waals surface area contributed by atoms with Crippen molar-refractivity contribution < 1.29 is 4.39 Å². The Morgan fingerprint density at radius 3 is 2.96 bits per heavy atom. The molecule has 2 aromatic heterocycles. The molecule has 0 fully saturated rings. The van der Waals surface area contributed by atoms with Crippen LogP contribution in [-0.2, 0) is 12.8 Å². The monoisotopic (exact) mass is 323 g/mol. The number of benzene rings is 1. The lowest BCUT2D eigenvalue weighted by Crippen LogP contribution is -2.00. The predicted molar refractivity (Wildman–Crippen MR) is 90.7 cm³/mol. The van der Waals surface area contributed by atoms with E-state index < -0.39 is 0 Å². The van der Waals surface area contributed by atoms with Gasteiger partial charge in [-0.25, -0.2) is 4.39 Å². The van der Waals surface area contributed by atoms with Gasteiger partial charge < -0.3 is 5.32 Å². The molecule has 0 amide bonds. The van der Waals surface area contributed by atoms with Crippen molar-refractivity contribution in [2.75, 3.05) is 5.32 Å². The van der Waals surface area contributed by atoms with Crippen LogP contribution in [0.25, 0.3) is 10.9 Å². The summed E-state index contributed by atoms with van der Waals surface area (Å²) >= 11 is 1.65. The molecule has 0 saturated carbocycles. The summed E-state index contributed by atoms with van der Waals surface area (Å²) in [5.41, 5.74) is 3.06. The number of aromatic nitrogens is 1. The first-order chi connectivity index (χ1) is 11.3. The molecular weight excluding hydrogens is 309 g/mol. The van der Waals surface area contributed by atoms with Crippen molar-refractivity contribution in [3.05, 3.63) is 52.3 Å². The van der Waals surface area contributed by atoms with Gasteiger partial charge in [-0.3, -0.25) is 4.98 Å². The molecule has 114 valence electrons. The number of halogens is 1. The van der Waals surface area contributed by atoms with Crippen LogP contribution in [0.15, 0.2) is 30.5 Å². The van der Waals surface area contributed by atoms with Gasteiger partial charge in [0.25, 0.3) is 0 Å². The van der Waals surface area contributed by atoms with E-state index in [0.717, 1.165) is 40.9 Å². The Labute approximate surface area is 137 Å². The fraction of sp³-hybridized carbons (Fsp3) is 0.222. The maximum absolute atomic E-state index is 13.9. The van der Waals surface area contributed by atoms with Crippen molar-refractivity contribution in [2.24, 2.45) is 0 Å². The number of pyridine rings is 1. The zero-order valence-electron chi connectivity index (χ0n) is 12.4. The molecule has 3 nitrogen and oxygen atoms in total. The van der Waals surface area contributed by atoms with E-state index in [4.69, 9.17) is 0 Å². The second-order valence-electron chi connectivity index (χ2n) is 5.65. The zero-order chi connectivity index (χ0) is 15.8. The van der Waals surface area contributed by atoms with Gasteiger partial charge in [0.2, 0.25) is 0 Å². The Morgan fingerprint density at radius 2 is 2.09 bits per heavy atom. The lowest BCUT2D eigenvalue weighted by atomic mass is 9.96. The number of thiophene rings is 1. The minimum Gasteiger partial charge on any atom is -0.346 e. The fourth-order valence-electron chi connectivity index (χ4n) is 3.14. The summed E-state index contributed by atoms with van der Waals surface area (Å²) in [6.07, 6.45) is 5.93. The molecule has 0 atom stereocenters. The maximum atomic E-state index is 13.9. The summed E-state index contributed by atoms with van der Waals surface area (Å²) in [6, 6.07) is 9.09. The summed E-state index contributed by atoms with van der Waals surface area (Å²) < 4.78 is 13.9. The molecule has 1 N–H and O–H groups in total. The van der Waals surface area contributed by atoms with E-state index in [1.165, 1.54) is 22.9 Å². The molecule has 4 rings (SSSR count). The maximum Gasteiger partial charge on any atom is 0.149 e. The Hall–Kier alpha value is -2.45. The Bertz CT molecular complexity index is 939. The number of rotatable bonds is 2. The predicted octanol–water partition coefficient (Wildman–Crippen LogP) is 4.93. The summed E-state index contributed by atoms with van der Waals surface area (Å²) in [5, 5.41) is 14.5. The normalized spacial score (nSPS) is 13.6. The van der Waals surface area contributed by atoms with E-state index >= 15 is 0 Å². The van der Waals surface area contributed by atoms with Crippen LogP contribution < -0.4 is 5.32 Å². The Morgan fingerprint density at radius 1 is 1.22 bits per heavy atom. The van der Waals surface area contributed by atoms with Crippen LogP contribution in [-0.4, -0.2) is 4.98 Å². The largest absolute Gasteiger partial charge is 0.346 e. The van der Waals surface area contributed by atoms with Crippen molar-refractivity contribution in [1.82, 2.24) is 4.98 Å². The van der Waals surface area contributed by atoms with Crippen molar-refractivity contribution in [3.8, 4) is 6.07 Å². The van der Waals surface area contributed by atoms with E-state index in [1.807, 2.05) is 12.1 Å². The summed E-state index contributed by atoms with van der Waals surface area (Å²) in [6.45, 7) is 0. The molecule has 0 aliphatic heterocycles. The van der Waals surface area contributed by atoms with Gasteiger partial charge in [-0.1, -0.05) is 12.1 Å². The van der Waals surface area contributed by atoms with E-state index in [1.54, 1.807) is 23.6 Å². The van der Waals surface area contributed by atoms with Crippen molar-refractivity contribution in [3.63, 3.8) is 0 Å². The van der Waals surface area contributed by atoms with Gasteiger partial charge in [-0.05, 0) is 43.4 Å². The van der Waals surface area contributed by atoms with Gasteiger partial charge in [0.05, 0.1) is 11.3 Å². The molecule has 1 aliphatic rings. The van der Waals surface area contributed by atoms with Gasteiger partial charge in [-0.2, -0.15) is 5.26 Å². The minimum absolute atomic E-state index is 0.336. The Kier molecular flexibility index (Phi) is 3.47. The number of para-hydroxylation sites is 1. The van der Waals surface area contributed by atoms with E-state index in [0.29, 0.717) is 5.52 Å². The molecule has 0 unspecified atom stereocenters. The van der Waals surface area contributed by atoms with Crippen molar-refractivity contribution in [2.45, 2.75) is 25.7 Å². The Balaban J connectivity index is 1.82. The number of hydrogen-bond acceptors (Lipinski definition) is 4. The van der Waals surface area contributed by atoms with Crippen molar-refractivity contribution >= 4 is 32.9 Å². The van der Waals surface area contributed by atoms with Gasteiger partial charge in [-0.15, -0.1) is 11.3 Å². The number of anilines is 2. The molecular formula is C18H14FN3S. The standard InChI is InChI=1S/C18H14FN3S/c19-14-6-3-5-12-15(8-9-21-17(12)14)22-18-13(10-20)11-4-1-2-7-16(11)23-18/h3,5-6,8-9H,1-2,4,7H2,(H,21,22). The van der Waals surface area contributed by atoms with Gasteiger partial charge in [0, 0.05) is 16.5 Å². The van der Waals surface area contributed by atoms with E-state index in [2.05, 4.69) is 16.4 Å². The van der Waals surface area contributed by atoms with Crippen LogP contribution in [0, 0.1) is 17.1 Å². The first-order valence-electron chi connectivity index (χ1n) is 7.63. The third kappa shape index (κ3) is 2.36. The van der Waals surface area contributed by atoms with Crippen LogP contribution in [0.4, 0.5) is 15.1 Å². The van der Waals surface area contributed by atoms with Crippen LogP contribution in [0.3, 0.4) is 0 Å². The topological polar surface area (TPSA) is 48.7 Å². The third-order valence-corrected chi connectivity index (χ3v) is 5.46. The number of nitrogens with zero attached hydrogens (tertiary/aromatic N) is 2. The minimum atomic E-state index is -0.336. The van der Waals surface area contributed by atoms with Crippen LogP contribution in [0.1, 0.15) is 28.8 Å². The average molecular weight is 323 g/mol. The van der Waals surface area contributed by atoms with Crippen LogP contribution >= 0.6 is 11.3 Å².